The minimum Gasteiger partial charge on any atom is -0.346 e. The van der Waals surface area contributed by atoms with Crippen LogP contribution in [-0.2, 0) is 6.42 Å². The van der Waals surface area contributed by atoms with Crippen molar-refractivity contribution in [3.05, 3.63) is 5.82 Å². The van der Waals surface area contributed by atoms with Gasteiger partial charge < -0.3 is 10.2 Å². The van der Waals surface area contributed by atoms with Crippen LogP contribution in [0.15, 0.2) is 0 Å². The molecule has 0 spiro atoms. The van der Waals surface area contributed by atoms with Crippen molar-refractivity contribution in [2.45, 2.75) is 25.8 Å². The van der Waals surface area contributed by atoms with E-state index < -0.39 is 0 Å². The zero-order chi connectivity index (χ0) is 9.97. The van der Waals surface area contributed by atoms with Crippen molar-refractivity contribution in [1.82, 2.24) is 14.7 Å². The summed E-state index contributed by atoms with van der Waals surface area (Å²) >= 11 is 1.51. The molecule has 5 heteroatoms. The number of aromatic nitrogens is 2. The second kappa shape index (κ2) is 4.23. The van der Waals surface area contributed by atoms with Crippen molar-refractivity contribution in [1.29, 1.82) is 0 Å². The van der Waals surface area contributed by atoms with E-state index in [1.165, 1.54) is 18.0 Å². The second-order valence-electron chi connectivity index (χ2n) is 3.60. The molecule has 1 aromatic rings. The minimum atomic E-state index is 0.590. The Labute approximate surface area is 88.5 Å². The molecule has 1 saturated heterocycles. The molecule has 0 amide bonds. The van der Waals surface area contributed by atoms with Crippen LogP contribution in [0.5, 0.6) is 0 Å². The Morgan fingerprint density at radius 1 is 1.64 bits per heavy atom. The molecule has 2 rings (SSSR count). The van der Waals surface area contributed by atoms with Gasteiger partial charge in [0, 0.05) is 37.6 Å². The third kappa shape index (κ3) is 1.88. The molecule has 78 valence electrons. The van der Waals surface area contributed by atoms with Crippen molar-refractivity contribution in [2.24, 2.45) is 0 Å². The molecule has 0 radical (unpaired) electrons. The summed E-state index contributed by atoms with van der Waals surface area (Å²) in [7, 11) is 2.11. The summed E-state index contributed by atoms with van der Waals surface area (Å²) in [6.45, 7) is 4.27. The van der Waals surface area contributed by atoms with Gasteiger partial charge in [-0.1, -0.05) is 6.92 Å². The summed E-state index contributed by atoms with van der Waals surface area (Å²) in [5.41, 5.74) is 0. The highest BCUT2D eigenvalue weighted by Gasteiger charge is 2.21. The maximum Gasteiger partial charge on any atom is 0.205 e. The lowest BCUT2D eigenvalue weighted by atomic mass is 10.2. The first kappa shape index (κ1) is 9.86. The molecule has 1 atom stereocenters. The Balaban J connectivity index is 2.05. The third-order valence-electron chi connectivity index (χ3n) is 2.66. The summed E-state index contributed by atoms with van der Waals surface area (Å²) in [5.74, 6) is 0.961. The molecule has 0 saturated carbocycles. The van der Waals surface area contributed by atoms with Gasteiger partial charge in [-0.25, -0.2) is 4.98 Å². The van der Waals surface area contributed by atoms with Crippen LogP contribution < -0.4 is 10.2 Å². The van der Waals surface area contributed by atoms with Gasteiger partial charge in [0.15, 0.2) is 0 Å². The molecule has 1 fully saturated rings. The highest BCUT2D eigenvalue weighted by Crippen LogP contribution is 2.20. The number of hydrogen-bond donors (Lipinski definition) is 1. The highest BCUT2D eigenvalue weighted by molar-refractivity contribution is 7.09. The number of rotatable bonds is 3. The van der Waals surface area contributed by atoms with Gasteiger partial charge in [-0.15, -0.1) is 0 Å². The molecule has 14 heavy (non-hydrogen) atoms. The predicted octanol–water partition coefficient (Wildman–Crippen LogP) is 0.899. The minimum absolute atomic E-state index is 0.590. The first-order chi connectivity index (χ1) is 6.81. The van der Waals surface area contributed by atoms with Gasteiger partial charge in [0.25, 0.3) is 0 Å². The van der Waals surface area contributed by atoms with Crippen LogP contribution in [-0.4, -0.2) is 35.5 Å². The summed E-state index contributed by atoms with van der Waals surface area (Å²) in [4.78, 5) is 6.73. The summed E-state index contributed by atoms with van der Waals surface area (Å²) < 4.78 is 4.30. The van der Waals surface area contributed by atoms with Crippen LogP contribution in [0.1, 0.15) is 19.2 Å². The summed E-state index contributed by atoms with van der Waals surface area (Å²) in [6, 6.07) is 0.590. The highest BCUT2D eigenvalue weighted by atomic mass is 32.1. The second-order valence-corrected chi connectivity index (χ2v) is 4.33. The monoisotopic (exact) mass is 212 g/mol. The van der Waals surface area contributed by atoms with Gasteiger partial charge in [-0.05, 0) is 13.0 Å². The Hall–Kier alpha value is -0.680. The first-order valence-electron chi connectivity index (χ1n) is 5.07. The maximum atomic E-state index is 4.48. The Bertz CT molecular complexity index is 293. The Kier molecular flexibility index (Phi) is 2.98. The average molecular weight is 212 g/mol. The Morgan fingerprint density at radius 3 is 3.07 bits per heavy atom. The quantitative estimate of drug-likeness (QED) is 0.808. The van der Waals surface area contributed by atoms with E-state index in [9.17, 15) is 0 Å². The van der Waals surface area contributed by atoms with Gasteiger partial charge in [0.05, 0.1) is 0 Å². The van der Waals surface area contributed by atoms with E-state index in [4.69, 9.17) is 0 Å². The molecule has 2 heterocycles. The first-order valence-corrected chi connectivity index (χ1v) is 5.84. The predicted molar refractivity (Wildman–Crippen MR) is 59.0 cm³/mol. The van der Waals surface area contributed by atoms with E-state index in [1.807, 2.05) is 0 Å². The smallest absolute Gasteiger partial charge is 0.205 e. The molecule has 1 aromatic heterocycles. The number of aryl methyl sites for hydroxylation is 1. The lowest BCUT2D eigenvalue weighted by Crippen LogP contribution is -2.33. The van der Waals surface area contributed by atoms with Gasteiger partial charge in [-0.3, -0.25) is 0 Å². The molecule has 1 aliphatic rings. The fourth-order valence-electron chi connectivity index (χ4n) is 1.66. The van der Waals surface area contributed by atoms with Gasteiger partial charge in [0.2, 0.25) is 5.13 Å². The normalized spacial score (nSPS) is 21.4. The number of nitrogens with zero attached hydrogens (tertiary/aromatic N) is 3. The lowest BCUT2D eigenvalue weighted by molar-refractivity contribution is 0.682. The number of anilines is 1. The van der Waals surface area contributed by atoms with Gasteiger partial charge >= 0.3 is 0 Å². The topological polar surface area (TPSA) is 41.1 Å². The molecular formula is C9H16N4S. The van der Waals surface area contributed by atoms with E-state index in [0.29, 0.717) is 6.04 Å². The van der Waals surface area contributed by atoms with E-state index in [0.717, 1.165) is 30.5 Å². The van der Waals surface area contributed by atoms with Crippen molar-refractivity contribution in [2.75, 3.05) is 25.0 Å². The van der Waals surface area contributed by atoms with Gasteiger partial charge in [0.1, 0.15) is 5.82 Å². The zero-order valence-corrected chi connectivity index (χ0v) is 9.47. The SMILES string of the molecule is CCc1nsc(N(C)C2CCNC2)n1. The molecule has 0 bridgehead atoms. The molecule has 0 aromatic carbocycles. The van der Waals surface area contributed by atoms with Crippen LogP contribution >= 0.6 is 11.5 Å². The molecular weight excluding hydrogens is 196 g/mol. The summed E-state index contributed by atoms with van der Waals surface area (Å²) in [5, 5.41) is 4.41. The fraction of sp³-hybridized carbons (Fsp3) is 0.778. The van der Waals surface area contributed by atoms with E-state index in [1.54, 1.807) is 0 Å². The fourth-order valence-corrected chi connectivity index (χ4v) is 2.44. The van der Waals surface area contributed by atoms with Crippen molar-refractivity contribution in [3.8, 4) is 0 Å². The standard InChI is InChI=1S/C9H16N4S/c1-3-8-11-9(14-12-8)13(2)7-4-5-10-6-7/h7,10H,3-6H2,1-2H3. The van der Waals surface area contributed by atoms with Gasteiger partial charge in [-0.2, -0.15) is 4.37 Å². The molecule has 0 aliphatic carbocycles. The maximum absolute atomic E-state index is 4.48. The number of nitrogens with one attached hydrogen (secondary N) is 1. The van der Waals surface area contributed by atoms with Crippen LogP contribution in [0.2, 0.25) is 0 Å². The van der Waals surface area contributed by atoms with Crippen molar-refractivity contribution in [3.63, 3.8) is 0 Å². The third-order valence-corrected chi connectivity index (χ3v) is 3.50. The van der Waals surface area contributed by atoms with E-state index >= 15 is 0 Å². The largest absolute Gasteiger partial charge is 0.346 e. The molecule has 1 aliphatic heterocycles. The lowest BCUT2D eigenvalue weighted by Gasteiger charge is -2.21. The Morgan fingerprint density at radius 2 is 2.50 bits per heavy atom. The van der Waals surface area contributed by atoms with Crippen molar-refractivity contribution < 1.29 is 0 Å². The van der Waals surface area contributed by atoms with Crippen LogP contribution in [0, 0.1) is 0 Å². The number of hydrogen-bond acceptors (Lipinski definition) is 5. The molecule has 1 unspecified atom stereocenters. The zero-order valence-electron chi connectivity index (χ0n) is 8.66. The molecule has 4 nitrogen and oxygen atoms in total. The number of likely N-dealkylation sites (N-methyl/N-ethyl adjacent to an activating group) is 1. The summed E-state index contributed by atoms with van der Waals surface area (Å²) in [6.07, 6.45) is 2.13. The van der Waals surface area contributed by atoms with Crippen LogP contribution in [0.3, 0.4) is 0 Å². The molecule has 1 N–H and O–H groups in total. The van der Waals surface area contributed by atoms with Crippen molar-refractivity contribution >= 4 is 16.7 Å². The average Bonchev–Trinajstić information content (AvgIpc) is 2.88. The van der Waals surface area contributed by atoms with E-state index in [-0.39, 0.29) is 0 Å². The van der Waals surface area contributed by atoms with E-state index in [2.05, 4.69) is 33.5 Å². The van der Waals surface area contributed by atoms with Crippen LogP contribution in [0.4, 0.5) is 5.13 Å². The van der Waals surface area contributed by atoms with Crippen LogP contribution in [0.25, 0.3) is 0 Å².